The molecule has 136 valence electrons. The predicted octanol–water partition coefficient (Wildman–Crippen LogP) is 4.74. The standard InChI is InChI=1S/C18H24ClNO4Si/c1-18(2,3)25(4,5)24-15(17(21)22)11-23-13-7-8-14-12(10-13)6-9-16(19)20-14/h6-10,15H,11H2,1-5H3,(H,21,22). The monoisotopic (exact) mass is 381 g/mol. The SMILES string of the molecule is CC(C)(C)[Si](C)(C)OC(COc1ccc2nc(Cl)ccc2c1)C(=O)O. The van der Waals surface area contributed by atoms with Crippen molar-refractivity contribution in [2.75, 3.05) is 6.61 Å². The number of carboxylic acids is 1. The molecule has 5 nitrogen and oxygen atoms in total. The van der Waals surface area contributed by atoms with Crippen LogP contribution in [0.2, 0.25) is 23.3 Å². The van der Waals surface area contributed by atoms with Crippen LogP contribution in [0.5, 0.6) is 5.75 Å². The van der Waals surface area contributed by atoms with E-state index in [4.69, 9.17) is 20.8 Å². The number of hydrogen-bond acceptors (Lipinski definition) is 4. The maximum absolute atomic E-state index is 11.6. The summed E-state index contributed by atoms with van der Waals surface area (Å²) in [4.78, 5) is 15.8. The van der Waals surface area contributed by atoms with E-state index in [2.05, 4.69) is 25.8 Å². The van der Waals surface area contributed by atoms with E-state index in [1.165, 1.54) is 0 Å². The van der Waals surface area contributed by atoms with E-state index in [1.54, 1.807) is 18.2 Å². The van der Waals surface area contributed by atoms with Crippen LogP contribution in [-0.4, -0.2) is 37.1 Å². The van der Waals surface area contributed by atoms with Gasteiger partial charge in [0.15, 0.2) is 14.4 Å². The summed E-state index contributed by atoms with van der Waals surface area (Å²) in [5, 5.41) is 10.7. The third kappa shape index (κ3) is 4.93. The van der Waals surface area contributed by atoms with E-state index in [0.717, 1.165) is 10.9 Å². The highest BCUT2D eigenvalue weighted by Gasteiger charge is 2.41. The van der Waals surface area contributed by atoms with E-state index >= 15 is 0 Å². The van der Waals surface area contributed by atoms with Crippen LogP contribution in [0.4, 0.5) is 0 Å². The Morgan fingerprint density at radius 2 is 1.96 bits per heavy atom. The molecule has 0 spiro atoms. The Labute approximate surface area is 154 Å². The van der Waals surface area contributed by atoms with Gasteiger partial charge in [-0.05, 0) is 48.5 Å². The highest BCUT2D eigenvalue weighted by atomic mass is 35.5. The molecule has 1 N–H and O–H groups in total. The second-order valence-corrected chi connectivity index (χ2v) is 12.6. The molecule has 0 aliphatic heterocycles. The van der Waals surface area contributed by atoms with Crippen LogP contribution in [0.15, 0.2) is 30.3 Å². The van der Waals surface area contributed by atoms with Crippen LogP contribution < -0.4 is 4.74 Å². The Kier molecular flexibility index (Phi) is 5.76. The van der Waals surface area contributed by atoms with E-state index in [1.807, 2.05) is 25.2 Å². The van der Waals surface area contributed by atoms with Crippen molar-refractivity contribution in [1.82, 2.24) is 4.98 Å². The van der Waals surface area contributed by atoms with Crippen molar-refractivity contribution in [2.45, 2.75) is 45.0 Å². The van der Waals surface area contributed by atoms with Crippen LogP contribution >= 0.6 is 11.6 Å². The van der Waals surface area contributed by atoms with Crippen LogP contribution in [0, 0.1) is 0 Å². The van der Waals surface area contributed by atoms with Gasteiger partial charge in [-0.25, -0.2) is 9.78 Å². The van der Waals surface area contributed by atoms with Gasteiger partial charge in [-0.15, -0.1) is 0 Å². The number of fused-ring (bicyclic) bond motifs is 1. The molecule has 25 heavy (non-hydrogen) atoms. The fraction of sp³-hybridized carbons (Fsp3) is 0.444. The summed E-state index contributed by atoms with van der Waals surface area (Å²) < 4.78 is 11.7. The number of aromatic nitrogens is 1. The fourth-order valence-corrected chi connectivity index (χ4v) is 3.42. The van der Waals surface area contributed by atoms with Crippen molar-refractivity contribution in [2.24, 2.45) is 0 Å². The molecule has 0 bridgehead atoms. The second-order valence-electron chi connectivity index (χ2n) is 7.50. The number of ether oxygens (including phenoxy) is 1. The van der Waals surface area contributed by atoms with Crippen LogP contribution in [-0.2, 0) is 9.22 Å². The lowest BCUT2D eigenvalue weighted by atomic mass is 10.2. The highest BCUT2D eigenvalue weighted by molar-refractivity contribution is 6.74. The topological polar surface area (TPSA) is 68.7 Å². The van der Waals surface area contributed by atoms with Crippen molar-refractivity contribution < 1.29 is 19.1 Å². The normalized spacial score (nSPS) is 13.7. The molecular weight excluding hydrogens is 358 g/mol. The van der Waals surface area contributed by atoms with Crippen molar-refractivity contribution >= 4 is 36.8 Å². The number of carboxylic acid groups (broad SMARTS) is 1. The molecule has 0 fully saturated rings. The van der Waals surface area contributed by atoms with Crippen molar-refractivity contribution in [3.8, 4) is 5.75 Å². The third-order valence-electron chi connectivity index (χ3n) is 4.55. The Hall–Kier alpha value is -1.63. The number of hydrogen-bond donors (Lipinski definition) is 1. The molecule has 1 aromatic heterocycles. The minimum Gasteiger partial charge on any atom is -0.490 e. The van der Waals surface area contributed by atoms with E-state index in [-0.39, 0.29) is 11.6 Å². The quantitative estimate of drug-likeness (QED) is 0.578. The third-order valence-corrected chi connectivity index (χ3v) is 9.24. The van der Waals surface area contributed by atoms with Gasteiger partial charge in [0, 0.05) is 5.39 Å². The maximum Gasteiger partial charge on any atom is 0.335 e. The summed E-state index contributed by atoms with van der Waals surface area (Å²) in [6.45, 7) is 10.2. The average molecular weight is 382 g/mol. The predicted molar refractivity (Wildman–Crippen MR) is 102 cm³/mol. The summed E-state index contributed by atoms with van der Waals surface area (Å²) in [5.74, 6) is -0.444. The maximum atomic E-state index is 11.6. The minimum absolute atomic E-state index is 0.0473. The van der Waals surface area contributed by atoms with E-state index in [0.29, 0.717) is 10.9 Å². The van der Waals surface area contributed by atoms with Gasteiger partial charge >= 0.3 is 5.97 Å². The number of rotatable bonds is 6. The molecule has 0 radical (unpaired) electrons. The smallest absolute Gasteiger partial charge is 0.335 e. The van der Waals surface area contributed by atoms with E-state index < -0.39 is 20.4 Å². The highest BCUT2D eigenvalue weighted by Crippen LogP contribution is 2.37. The van der Waals surface area contributed by atoms with Gasteiger partial charge in [-0.2, -0.15) is 0 Å². The summed E-state index contributed by atoms with van der Waals surface area (Å²) >= 11 is 5.87. The molecule has 0 saturated heterocycles. The van der Waals surface area contributed by atoms with Gasteiger partial charge in [0.05, 0.1) is 5.52 Å². The lowest BCUT2D eigenvalue weighted by Gasteiger charge is -2.38. The molecule has 1 aromatic carbocycles. The summed E-state index contributed by atoms with van der Waals surface area (Å²) in [7, 11) is -2.20. The van der Waals surface area contributed by atoms with Gasteiger partial charge in [0.2, 0.25) is 0 Å². The molecular formula is C18H24ClNO4Si. The number of nitrogens with zero attached hydrogens (tertiary/aromatic N) is 1. The molecule has 1 heterocycles. The van der Waals surface area contributed by atoms with Gasteiger partial charge in [-0.3, -0.25) is 0 Å². The molecule has 1 unspecified atom stereocenters. The number of aliphatic carboxylic acids is 1. The summed E-state index contributed by atoms with van der Waals surface area (Å²) in [5.41, 5.74) is 0.757. The van der Waals surface area contributed by atoms with Crippen LogP contribution in [0.3, 0.4) is 0 Å². The summed E-state index contributed by atoms with van der Waals surface area (Å²) in [6.07, 6.45) is -1.00. The van der Waals surface area contributed by atoms with Gasteiger partial charge < -0.3 is 14.3 Å². The number of pyridine rings is 1. The largest absolute Gasteiger partial charge is 0.490 e. The molecule has 2 aromatic rings. The molecule has 0 amide bonds. The van der Waals surface area contributed by atoms with Gasteiger partial charge in [0.1, 0.15) is 17.5 Å². The molecule has 7 heteroatoms. The Balaban J connectivity index is 2.11. The summed E-state index contributed by atoms with van der Waals surface area (Å²) in [6, 6.07) is 8.90. The Bertz CT molecular complexity index is 773. The fourth-order valence-electron chi connectivity index (χ4n) is 2.03. The van der Waals surface area contributed by atoms with Crippen molar-refractivity contribution in [3.63, 3.8) is 0 Å². The first-order valence-corrected chi connectivity index (χ1v) is 11.4. The molecule has 1 atom stereocenters. The van der Waals surface area contributed by atoms with Crippen molar-refractivity contribution in [3.05, 3.63) is 35.5 Å². The number of carbonyl (C=O) groups is 1. The zero-order valence-corrected chi connectivity index (χ0v) is 16.9. The molecule has 2 rings (SSSR count). The number of benzene rings is 1. The van der Waals surface area contributed by atoms with Crippen LogP contribution in [0.1, 0.15) is 20.8 Å². The molecule has 0 saturated carbocycles. The van der Waals surface area contributed by atoms with E-state index in [9.17, 15) is 9.90 Å². The average Bonchev–Trinajstić information content (AvgIpc) is 2.49. The number of halogens is 1. The zero-order chi connectivity index (χ0) is 18.8. The molecule has 0 aliphatic rings. The lowest BCUT2D eigenvalue weighted by molar-refractivity contribution is -0.147. The lowest BCUT2D eigenvalue weighted by Crippen LogP contribution is -2.47. The van der Waals surface area contributed by atoms with Gasteiger partial charge in [0.25, 0.3) is 0 Å². The second kappa shape index (κ2) is 7.31. The first-order chi connectivity index (χ1) is 11.5. The Morgan fingerprint density at radius 3 is 2.56 bits per heavy atom. The first-order valence-electron chi connectivity index (χ1n) is 8.09. The zero-order valence-electron chi connectivity index (χ0n) is 15.2. The minimum atomic E-state index is -2.20. The Morgan fingerprint density at radius 1 is 1.28 bits per heavy atom. The first kappa shape index (κ1) is 19.7. The van der Waals surface area contributed by atoms with Gasteiger partial charge in [-0.1, -0.05) is 32.4 Å². The molecule has 0 aliphatic carbocycles. The van der Waals surface area contributed by atoms with Crippen molar-refractivity contribution in [1.29, 1.82) is 0 Å². The van der Waals surface area contributed by atoms with Crippen LogP contribution in [0.25, 0.3) is 10.9 Å².